The van der Waals surface area contributed by atoms with Crippen molar-refractivity contribution >= 4 is 10.0 Å². The number of rotatable bonds is 3. The molecule has 1 aliphatic rings. The molecule has 1 fully saturated rings. The van der Waals surface area contributed by atoms with Crippen LogP contribution in [0, 0.1) is 5.82 Å². The fourth-order valence-corrected chi connectivity index (χ4v) is 4.22. The summed E-state index contributed by atoms with van der Waals surface area (Å²) < 4.78 is 40.0. The molecule has 1 aliphatic heterocycles. The second-order valence-electron chi connectivity index (χ2n) is 5.34. The molecule has 0 unspecified atom stereocenters. The highest BCUT2D eigenvalue weighted by atomic mass is 32.2. The van der Waals surface area contributed by atoms with Gasteiger partial charge in [-0.1, -0.05) is 12.1 Å². The third-order valence-electron chi connectivity index (χ3n) is 3.75. The number of hydrogen-bond acceptors (Lipinski definition) is 3. The van der Waals surface area contributed by atoms with Crippen molar-refractivity contribution in [3.8, 4) is 16.9 Å². The summed E-state index contributed by atoms with van der Waals surface area (Å²) in [4.78, 5) is 0.190. The van der Waals surface area contributed by atoms with Gasteiger partial charge in [-0.2, -0.15) is 4.31 Å². The Morgan fingerprint density at radius 3 is 2.41 bits per heavy atom. The van der Waals surface area contributed by atoms with E-state index in [0.717, 1.165) is 18.9 Å². The zero-order valence-corrected chi connectivity index (χ0v) is 12.7. The maximum absolute atomic E-state index is 13.4. The lowest BCUT2D eigenvalue weighted by atomic mass is 10.1. The Balaban J connectivity index is 2.02. The van der Waals surface area contributed by atoms with Gasteiger partial charge >= 0.3 is 0 Å². The van der Waals surface area contributed by atoms with Gasteiger partial charge in [0.15, 0.2) is 0 Å². The van der Waals surface area contributed by atoms with Crippen molar-refractivity contribution in [2.45, 2.75) is 17.7 Å². The number of phenolic OH excluding ortho intramolecular Hbond substituents is 1. The SMILES string of the molecule is O=S(=O)(c1cccc(-c2cc(O)cc(F)c2)c1)N1CCCC1. The molecule has 0 amide bonds. The first-order valence-electron chi connectivity index (χ1n) is 7.07. The minimum atomic E-state index is -3.51. The van der Waals surface area contributed by atoms with Crippen LogP contribution in [-0.4, -0.2) is 30.9 Å². The van der Waals surface area contributed by atoms with Crippen LogP contribution in [0.2, 0.25) is 0 Å². The summed E-state index contributed by atoms with van der Waals surface area (Å²) in [6, 6.07) is 10.1. The van der Waals surface area contributed by atoms with Gasteiger partial charge in [-0.3, -0.25) is 0 Å². The van der Waals surface area contributed by atoms with E-state index in [0.29, 0.717) is 24.2 Å². The van der Waals surface area contributed by atoms with Crippen molar-refractivity contribution in [3.63, 3.8) is 0 Å². The summed E-state index contributed by atoms with van der Waals surface area (Å²) in [5, 5.41) is 9.49. The van der Waals surface area contributed by atoms with Crippen LogP contribution in [0.5, 0.6) is 5.75 Å². The van der Waals surface area contributed by atoms with Crippen LogP contribution in [0.3, 0.4) is 0 Å². The molecule has 1 saturated heterocycles. The van der Waals surface area contributed by atoms with Crippen molar-refractivity contribution in [2.24, 2.45) is 0 Å². The molecule has 0 spiro atoms. The molecule has 2 aromatic carbocycles. The first-order valence-corrected chi connectivity index (χ1v) is 8.51. The number of sulfonamides is 1. The smallest absolute Gasteiger partial charge is 0.243 e. The molecule has 4 nitrogen and oxygen atoms in total. The lowest BCUT2D eigenvalue weighted by Gasteiger charge is -2.16. The topological polar surface area (TPSA) is 57.6 Å². The van der Waals surface area contributed by atoms with Gasteiger partial charge in [0.2, 0.25) is 10.0 Å². The molecule has 0 bridgehead atoms. The lowest BCUT2D eigenvalue weighted by molar-refractivity contribution is 0.469. The first kappa shape index (κ1) is 15.0. The molecule has 2 aromatic rings. The lowest BCUT2D eigenvalue weighted by Crippen LogP contribution is -2.27. The van der Waals surface area contributed by atoms with E-state index in [1.165, 1.54) is 28.6 Å². The van der Waals surface area contributed by atoms with Gasteiger partial charge in [-0.25, -0.2) is 12.8 Å². The highest BCUT2D eigenvalue weighted by molar-refractivity contribution is 7.89. The minimum absolute atomic E-state index is 0.190. The number of nitrogens with zero attached hydrogens (tertiary/aromatic N) is 1. The van der Waals surface area contributed by atoms with E-state index in [2.05, 4.69) is 0 Å². The number of halogens is 1. The van der Waals surface area contributed by atoms with Crippen LogP contribution in [0.4, 0.5) is 4.39 Å². The first-order chi connectivity index (χ1) is 10.5. The molecule has 3 rings (SSSR count). The number of hydrogen-bond donors (Lipinski definition) is 1. The largest absolute Gasteiger partial charge is 0.508 e. The third kappa shape index (κ3) is 2.84. The predicted molar refractivity (Wildman–Crippen MR) is 81.5 cm³/mol. The van der Waals surface area contributed by atoms with E-state index >= 15 is 0 Å². The highest BCUT2D eigenvalue weighted by Gasteiger charge is 2.27. The Bertz CT molecular complexity index is 779. The average Bonchev–Trinajstić information content (AvgIpc) is 3.01. The Hall–Kier alpha value is -1.92. The van der Waals surface area contributed by atoms with E-state index < -0.39 is 15.8 Å². The summed E-state index contributed by atoms with van der Waals surface area (Å²) in [5.41, 5.74) is 0.992. The Morgan fingerprint density at radius 1 is 1.00 bits per heavy atom. The molecular formula is C16H16FNO3S. The van der Waals surface area contributed by atoms with Crippen molar-refractivity contribution in [1.82, 2.24) is 4.31 Å². The molecular weight excluding hydrogens is 305 g/mol. The van der Waals surface area contributed by atoms with Crippen LogP contribution in [0.15, 0.2) is 47.4 Å². The van der Waals surface area contributed by atoms with E-state index in [1.54, 1.807) is 12.1 Å². The van der Waals surface area contributed by atoms with Gasteiger partial charge in [0.25, 0.3) is 0 Å². The van der Waals surface area contributed by atoms with Gasteiger partial charge < -0.3 is 5.11 Å². The van der Waals surface area contributed by atoms with Crippen molar-refractivity contribution in [1.29, 1.82) is 0 Å². The molecule has 6 heteroatoms. The van der Waals surface area contributed by atoms with Gasteiger partial charge in [-0.15, -0.1) is 0 Å². The highest BCUT2D eigenvalue weighted by Crippen LogP contribution is 2.28. The number of benzene rings is 2. The molecule has 0 saturated carbocycles. The van der Waals surface area contributed by atoms with Crippen LogP contribution in [0.25, 0.3) is 11.1 Å². The Labute approximate surface area is 128 Å². The van der Waals surface area contributed by atoms with Crippen molar-refractivity contribution in [3.05, 3.63) is 48.3 Å². The zero-order chi connectivity index (χ0) is 15.7. The van der Waals surface area contributed by atoms with Gasteiger partial charge in [0.1, 0.15) is 11.6 Å². The predicted octanol–water partition coefficient (Wildman–Crippen LogP) is 2.98. The normalized spacial score (nSPS) is 16.0. The second-order valence-corrected chi connectivity index (χ2v) is 7.28. The minimum Gasteiger partial charge on any atom is -0.508 e. The molecule has 1 N–H and O–H groups in total. The van der Waals surface area contributed by atoms with Crippen molar-refractivity contribution < 1.29 is 17.9 Å². The molecule has 0 aliphatic carbocycles. The Kier molecular flexibility index (Phi) is 3.88. The quantitative estimate of drug-likeness (QED) is 0.945. The van der Waals surface area contributed by atoms with Gasteiger partial charge in [0, 0.05) is 19.2 Å². The molecule has 0 aromatic heterocycles. The van der Waals surface area contributed by atoms with Crippen LogP contribution >= 0.6 is 0 Å². The van der Waals surface area contributed by atoms with Crippen LogP contribution in [-0.2, 0) is 10.0 Å². The summed E-state index contributed by atoms with van der Waals surface area (Å²) in [5.74, 6) is -0.759. The van der Waals surface area contributed by atoms with Gasteiger partial charge in [-0.05, 0) is 48.2 Å². The van der Waals surface area contributed by atoms with E-state index in [4.69, 9.17) is 0 Å². The molecule has 0 atom stereocenters. The molecule has 116 valence electrons. The fourth-order valence-electron chi connectivity index (χ4n) is 2.65. The maximum atomic E-state index is 13.4. The maximum Gasteiger partial charge on any atom is 0.243 e. The number of aromatic hydroxyl groups is 1. The number of phenols is 1. The van der Waals surface area contributed by atoms with Crippen LogP contribution in [0.1, 0.15) is 12.8 Å². The molecule has 22 heavy (non-hydrogen) atoms. The summed E-state index contributed by atoms with van der Waals surface area (Å²) >= 11 is 0. The standard InChI is InChI=1S/C16H16FNO3S/c17-14-8-13(9-15(19)11-14)12-4-3-5-16(10-12)22(20,21)18-6-1-2-7-18/h3-5,8-11,19H,1-2,6-7H2. The van der Waals surface area contributed by atoms with E-state index in [1.807, 2.05) is 0 Å². The summed E-state index contributed by atoms with van der Waals surface area (Å²) in [7, 11) is -3.51. The van der Waals surface area contributed by atoms with Crippen LogP contribution < -0.4 is 0 Å². The van der Waals surface area contributed by atoms with E-state index in [9.17, 15) is 17.9 Å². The van der Waals surface area contributed by atoms with E-state index in [-0.39, 0.29) is 10.6 Å². The zero-order valence-electron chi connectivity index (χ0n) is 11.9. The van der Waals surface area contributed by atoms with Crippen molar-refractivity contribution in [2.75, 3.05) is 13.1 Å². The van der Waals surface area contributed by atoms with Gasteiger partial charge in [0.05, 0.1) is 4.90 Å². The summed E-state index contributed by atoms with van der Waals surface area (Å²) in [6.45, 7) is 1.07. The second kappa shape index (κ2) is 5.70. The fraction of sp³-hybridized carbons (Fsp3) is 0.250. The summed E-state index contributed by atoms with van der Waals surface area (Å²) in [6.07, 6.45) is 1.74. The molecule has 0 radical (unpaired) electrons. The third-order valence-corrected chi connectivity index (χ3v) is 5.65. The monoisotopic (exact) mass is 321 g/mol. The molecule has 1 heterocycles. The average molecular weight is 321 g/mol. The Morgan fingerprint density at radius 2 is 1.73 bits per heavy atom.